The lowest BCUT2D eigenvalue weighted by atomic mass is 9.80. The Morgan fingerprint density at radius 3 is 2.33 bits per heavy atom. The third-order valence-electron chi connectivity index (χ3n) is 7.73. The van der Waals surface area contributed by atoms with Crippen molar-refractivity contribution in [3.05, 3.63) is 65.2 Å². The van der Waals surface area contributed by atoms with E-state index >= 15 is 0 Å². The van der Waals surface area contributed by atoms with E-state index < -0.39 is 11.7 Å². The van der Waals surface area contributed by atoms with Gasteiger partial charge < -0.3 is 15.0 Å². The van der Waals surface area contributed by atoms with E-state index in [0.717, 1.165) is 49.8 Å². The Bertz CT molecular complexity index is 1160. The van der Waals surface area contributed by atoms with Crippen molar-refractivity contribution in [3.63, 3.8) is 0 Å². The molecule has 2 aromatic rings. The molecule has 2 atom stereocenters. The van der Waals surface area contributed by atoms with Crippen molar-refractivity contribution in [1.29, 1.82) is 0 Å². The number of carbonyl (C=O) groups excluding carboxylic acids is 3. The second kappa shape index (κ2) is 12.7. The van der Waals surface area contributed by atoms with Crippen LogP contribution in [0.15, 0.2) is 48.5 Å². The van der Waals surface area contributed by atoms with E-state index in [1.165, 1.54) is 12.1 Å². The summed E-state index contributed by atoms with van der Waals surface area (Å²) in [4.78, 5) is 39.6. The smallest absolute Gasteiger partial charge is 0.416 e. The van der Waals surface area contributed by atoms with Gasteiger partial charge in [0.15, 0.2) is 0 Å². The summed E-state index contributed by atoms with van der Waals surface area (Å²) in [7, 11) is 0. The number of carbonyl (C=O) groups is 3. The first-order chi connectivity index (χ1) is 18.6. The van der Waals surface area contributed by atoms with Crippen LogP contribution in [0.25, 0.3) is 0 Å². The number of halogens is 3. The number of ether oxygens (including phenoxy) is 1. The van der Waals surface area contributed by atoms with E-state index in [2.05, 4.69) is 5.32 Å². The highest BCUT2D eigenvalue weighted by atomic mass is 19.4. The van der Waals surface area contributed by atoms with Gasteiger partial charge in [0.2, 0.25) is 11.8 Å². The number of esters is 1. The molecule has 1 saturated carbocycles. The molecule has 2 fully saturated rings. The van der Waals surface area contributed by atoms with Crippen LogP contribution in [0, 0.1) is 11.8 Å². The molecular formula is C30H35F3N2O4. The number of rotatable bonds is 7. The Balaban J connectivity index is 1.25. The minimum Gasteiger partial charge on any atom is -0.466 e. The van der Waals surface area contributed by atoms with Crippen molar-refractivity contribution in [2.75, 3.05) is 25.0 Å². The number of amides is 2. The number of piperidine rings is 1. The summed E-state index contributed by atoms with van der Waals surface area (Å²) in [6, 6.07) is 12.3. The summed E-state index contributed by atoms with van der Waals surface area (Å²) in [5.41, 5.74) is 1.23. The largest absolute Gasteiger partial charge is 0.466 e. The molecule has 2 aromatic carbocycles. The predicted octanol–water partition coefficient (Wildman–Crippen LogP) is 5.96. The SMILES string of the molecule is CCOC(=O)[C@@H]1CCC[C@H](C(=O)N2CCC(c3ccc(NC(=O)Cc4cccc(C(F)(F)F)c4)cc3)CC2)C1. The minimum absolute atomic E-state index is 0.122. The molecule has 4 rings (SSSR count). The molecule has 2 aliphatic rings. The Morgan fingerprint density at radius 1 is 0.974 bits per heavy atom. The molecule has 9 heteroatoms. The molecule has 1 heterocycles. The minimum atomic E-state index is -4.45. The third kappa shape index (κ3) is 7.61. The first-order valence-electron chi connectivity index (χ1n) is 13.7. The average Bonchev–Trinajstić information content (AvgIpc) is 2.93. The molecule has 2 amide bonds. The fourth-order valence-electron chi connectivity index (χ4n) is 5.67. The topological polar surface area (TPSA) is 75.7 Å². The predicted molar refractivity (Wildman–Crippen MR) is 141 cm³/mol. The van der Waals surface area contributed by atoms with Crippen LogP contribution < -0.4 is 5.32 Å². The molecule has 210 valence electrons. The van der Waals surface area contributed by atoms with Crippen molar-refractivity contribution >= 4 is 23.5 Å². The second-order valence-electron chi connectivity index (χ2n) is 10.5. The Hall–Kier alpha value is -3.36. The Labute approximate surface area is 226 Å². The summed E-state index contributed by atoms with van der Waals surface area (Å²) < 4.78 is 43.9. The molecule has 0 bridgehead atoms. The molecule has 39 heavy (non-hydrogen) atoms. The van der Waals surface area contributed by atoms with E-state index in [9.17, 15) is 27.6 Å². The van der Waals surface area contributed by atoms with Crippen molar-refractivity contribution in [3.8, 4) is 0 Å². The van der Waals surface area contributed by atoms with Crippen LogP contribution >= 0.6 is 0 Å². The van der Waals surface area contributed by atoms with Crippen molar-refractivity contribution < 1.29 is 32.3 Å². The van der Waals surface area contributed by atoms with Gasteiger partial charge in [0.25, 0.3) is 0 Å². The highest BCUT2D eigenvalue weighted by Gasteiger charge is 2.35. The highest BCUT2D eigenvalue weighted by molar-refractivity contribution is 5.92. The number of hydrogen-bond acceptors (Lipinski definition) is 4. The van der Waals surface area contributed by atoms with E-state index in [0.29, 0.717) is 43.3 Å². The van der Waals surface area contributed by atoms with Crippen LogP contribution in [-0.4, -0.2) is 42.4 Å². The number of hydrogen-bond donors (Lipinski definition) is 1. The van der Waals surface area contributed by atoms with Crippen LogP contribution in [0.5, 0.6) is 0 Å². The van der Waals surface area contributed by atoms with Crippen LogP contribution in [0.3, 0.4) is 0 Å². The number of benzene rings is 2. The van der Waals surface area contributed by atoms with Gasteiger partial charge in [-0.3, -0.25) is 14.4 Å². The van der Waals surface area contributed by atoms with E-state index in [1.54, 1.807) is 19.1 Å². The van der Waals surface area contributed by atoms with Crippen LogP contribution in [0.2, 0.25) is 0 Å². The maximum absolute atomic E-state index is 13.1. The first kappa shape index (κ1) is 28.6. The lowest BCUT2D eigenvalue weighted by molar-refractivity contribution is -0.151. The zero-order chi connectivity index (χ0) is 28.0. The lowest BCUT2D eigenvalue weighted by Crippen LogP contribution is -2.43. The van der Waals surface area contributed by atoms with Gasteiger partial charge in [0, 0.05) is 24.7 Å². The fourth-order valence-corrected chi connectivity index (χ4v) is 5.67. The second-order valence-corrected chi connectivity index (χ2v) is 10.5. The number of anilines is 1. The molecule has 0 unspecified atom stereocenters. The van der Waals surface area contributed by atoms with Crippen LogP contribution in [0.1, 0.15) is 68.1 Å². The summed E-state index contributed by atoms with van der Waals surface area (Å²) >= 11 is 0. The first-order valence-corrected chi connectivity index (χ1v) is 13.7. The summed E-state index contributed by atoms with van der Waals surface area (Å²) in [5, 5.41) is 2.75. The van der Waals surface area contributed by atoms with Gasteiger partial charge in [-0.1, -0.05) is 36.8 Å². The van der Waals surface area contributed by atoms with E-state index in [-0.39, 0.29) is 36.0 Å². The number of alkyl halides is 3. The van der Waals surface area contributed by atoms with Gasteiger partial charge in [0.05, 0.1) is 24.5 Å². The summed E-state index contributed by atoms with van der Waals surface area (Å²) in [5.74, 6) is -0.451. The van der Waals surface area contributed by atoms with Gasteiger partial charge in [-0.25, -0.2) is 0 Å². The fraction of sp³-hybridized carbons (Fsp3) is 0.500. The molecule has 0 radical (unpaired) electrons. The monoisotopic (exact) mass is 544 g/mol. The van der Waals surface area contributed by atoms with Gasteiger partial charge in [-0.2, -0.15) is 13.2 Å². The van der Waals surface area contributed by atoms with Crippen LogP contribution in [-0.2, 0) is 31.7 Å². The lowest BCUT2D eigenvalue weighted by Gasteiger charge is -2.36. The maximum Gasteiger partial charge on any atom is 0.416 e. The summed E-state index contributed by atoms with van der Waals surface area (Å²) in [6.45, 7) is 3.48. The van der Waals surface area contributed by atoms with E-state index in [4.69, 9.17) is 4.74 Å². The Morgan fingerprint density at radius 2 is 1.67 bits per heavy atom. The van der Waals surface area contributed by atoms with Gasteiger partial charge >= 0.3 is 12.1 Å². The van der Waals surface area contributed by atoms with Gasteiger partial charge in [-0.05, 0) is 74.3 Å². The normalized spacial score (nSPS) is 20.4. The zero-order valence-electron chi connectivity index (χ0n) is 22.1. The van der Waals surface area contributed by atoms with Crippen molar-refractivity contribution in [2.24, 2.45) is 11.8 Å². The molecule has 1 aliphatic heterocycles. The zero-order valence-corrected chi connectivity index (χ0v) is 22.1. The quantitative estimate of drug-likeness (QED) is 0.437. The molecule has 0 aromatic heterocycles. The summed E-state index contributed by atoms with van der Waals surface area (Å²) in [6.07, 6.45) is 0.0935. The molecule has 1 N–H and O–H groups in total. The van der Waals surface area contributed by atoms with Crippen LogP contribution in [0.4, 0.5) is 18.9 Å². The van der Waals surface area contributed by atoms with Gasteiger partial charge in [-0.15, -0.1) is 0 Å². The molecular weight excluding hydrogens is 509 g/mol. The Kier molecular flexibility index (Phi) is 9.30. The maximum atomic E-state index is 13.1. The van der Waals surface area contributed by atoms with Crippen molar-refractivity contribution in [1.82, 2.24) is 4.90 Å². The third-order valence-corrected chi connectivity index (χ3v) is 7.73. The number of nitrogens with one attached hydrogen (secondary N) is 1. The number of likely N-dealkylation sites (tertiary alicyclic amines) is 1. The van der Waals surface area contributed by atoms with Crippen molar-refractivity contribution in [2.45, 2.75) is 64.0 Å². The standard InChI is InChI=1S/C30H35F3N2O4/c1-2-39-29(38)24-7-4-6-23(19-24)28(37)35-15-13-22(14-16-35)21-9-11-26(12-10-21)34-27(36)18-20-5-3-8-25(17-20)30(31,32)33/h3,5,8-12,17,22-24H,2,4,6-7,13-16,18-19H2,1H3,(H,34,36)/t23-,24+/m0/s1. The molecule has 1 aliphatic carbocycles. The number of nitrogens with zero attached hydrogens (tertiary/aromatic N) is 1. The molecule has 6 nitrogen and oxygen atoms in total. The van der Waals surface area contributed by atoms with E-state index in [1.807, 2.05) is 17.0 Å². The average molecular weight is 545 g/mol. The molecule has 0 spiro atoms. The molecule has 1 saturated heterocycles. The highest BCUT2D eigenvalue weighted by Crippen LogP contribution is 2.34. The van der Waals surface area contributed by atoms with Gasteiger partial charge in [0.1, 0.15) is 0 Å².